The van der Waals surface area contributed by atoms with E-state index in [1.54, 1.807) is 48.8 Å². The molecule has 5 aliphatic heterocycles. The first-order valence-corrected chi connectivity index (χ1v) is 20.6. The standard InChI is InChI=1S/C42H46ClN9O6/c43-35-22-31(9-5-26(35)23-44)58-32-20-29-7-8-30(21-32)51(29)39(55)27-24-46-42(47-25-27)50-17-15-49(16-18-50)14-4-2-1-3-13-45-28-6-10-33-34(19-28)41(57)52(40(33)56)36-11-12-37(53)48-38(36)54/h5-6,9-10,19,22,24-25,29-30,32,36,45H,1-4,7-8,11-18,20-21H2,(H,48,53,54)/t29-,30+,32?,36?. The van der Waals surface area contributed by atoms with E-state index in [-0.39, 0.29) is 48.1 Å². The molecule has 302 valence electrons. The van der Waals surface area contributed by atoms with Crippen molar-refractivity contribution in [2.75, 3.05) is 49.5 Å². The number of amides is 5. The molecule has 0 saturated carbocycles. The van der Waals surface area contributed by atoms with Crippen LogP contribution in [0.3, 0.4) is 0 Å². The van der Waals surface area contributed by atoms with E-state index in [2.05, 4.69) is 36.5 Å². The second-order valence-corrected chi connectivity index (χ2v) is 16.1. The SMILES string of the molecule is N#Cc1ccc(OC2C[C@H]3CC[C@@H](C2)N3C(=O)c2cnc(N3CCN(CCCCCCNc4ccc5c(c4)C(=O)N(C4CCC(=O)NC4=O)C5=O)CC3)nc2)cc1Cl. The number of benzene rings is 2. The Bertz CT molecular complexity index is 2120. The highest BCUT2D eigenvalue weighted by Crippen LogP contribution is 2.39. The number of halogens is 1. The van der Waals surface area contributed by atoms with Crippen LogP contribution in [-0.4, -0.2) is 118 Å². The molecule has 6 heterocycles. The summed E-state index contributed by atoms with van der Waals surface area (Å²) in [6, 6.07) is 11.5. The molecule has 0 radical (unpaired) electrons. The van der Waals surface area contributed by atoms with Crippen molar-refractivity contribution in [2.24, 2.45) is 0 Å². The lowest BCUT2D eigenvalue weighted by atomic mass is 9.98. The Morgan fingerprint density at radius 1 is 0.897 bits per heavy atom. The number of hydrogen-bond acceptors (Lipinski definition) is 12. The molecule has 8 rings (SSSR count). The Balaban J connectivity index is 0.719. The van der Waals surface area contributed by atoms with Gasteiger partial charge in [0.25, 0.3) is 17.7 Å². The van der Waals surface area contributed by atoms with Gasteiger partial charge in [0.2, 0.25) is 17.8 Å². The number of ether oxygens (including phenoxy) is 1. The van der Waals surface area contributed by atoms with Crippen molar-refractivity contribution in [3.05, 3.63) is 76.1 Å². The highest BCUT2D eigenvalue weighted by atomic mass is 35.5. The second kappa shape index (κ2) is 17.1. The maximum absolute atomic E-state index is 13.6. The normalized spacial score (nSPS) is 23.1. The van der Waals surface area contributed by atoms with Crippen LogP contribution in [0.25, 0.3) is 0 Å². The van der Waals surface area contributed by atoms with Gasteiger partial charge in [0.15, 0.2) is 0 Å². The first kappa shape index (κ1) is 39.2. The summed E-state index contributed by atoms with van der Waals surface area (Å²) in [6.07, 6.45) is 11.1. The molecule has 0 aliphatic carbocycles. The fraction of sp³-hybridized carbons (Fsp3) is 0.476. The lowest BCUT2D eigenvalue weighted by Gasteiger charge is -2.39. The second-order valence-electron chi connectivity index (χ2n) is 15.7. The number of aromatic nitrogens is 2. The van der Waals surface area contributed by atoms with Gasteiger partial charge in [-0.2, -0.15) is 5.26 Å². The number of anilines is 2. The molecule has 16 heteroatoms. The van der Waals surface area contributed by atoms with Crippen LogP contribution in [0.5, 0.6) is 5.75 Å². The molecule has 1 aromatic heterocycles. The van der Waals surface area contributed by atoms with Crippen LogP contribution in [0.2, 0.25) is 5.02 Å². The summed E-state index contributed by atoms with van der Waals surface area (Å²) in [4.78, 5) is 80.4. The predicted octanol–water partition coefficient (Wildman–Crippen LogP) is 4.41. The number of piperazine rings is 1. The fourth-order valence-electron chi connectivity index (χ4n) is 8.95. The quantitative estimate of drug-likeness (QED) is 0.184. The fourth-order valence-corrected chi connectivity index (χ4v) is 9.16. The first-order valence-electron chi connectivity index (χ1n) is 20.2. The van der Waals surface area contributed by atoms with Crippen LogP contribution in [0, 0.1) is 11.3 Å². The van der Waals surface area contributed by atoms with Crippen LogP contribution in [-0.2, 0) is 9.59 Å². The summed E-state index contributed by atoms with van der Waals surface area (Å²) in [5.74, 6) is -0.774. The maximum atomic E-state index is 13.6. The number of unbranched alkanes of at least 4 members (excludes halogenated alkanes) is 3. The van der Waals surface area contributed by atoms with Crippen molar-refractivity contribution in [3.8, 4) is 11.8 Å². The van der Waals surface area contributed by atoms with E-state index in [9.17, 15) is 24.0 Å². The number of imide groups is 2. The van der Waals surface area contributed by atoms with Crippen molar-refractivity contribution in [3.63, 3.8) is 0 Å². The molecule has 2 aromatic carbocycles. The third-order valence-electron chi connectivity index (χ3n) is 12.0. The summed E-state index contributed by atoms with van der Waals surface area (Å²) < 4.78 is 6.23. The summed E-state index contributed by atoms with van der Waals surface area (Å²) in [7, 11) is 0. The lowest BCUT2D eigenvalue weighted by molar-refractivity contribution is -0.136. The molecule has 5 amide bonds. The predicted molar refractivity (Wildman–Crippen MR) is 214 cm³/mol. The van der Waals surface area contributed by atoms with Gasteiger partial charge in [0.1, 0.15) is 24.0 Å². The van der Waals surface area contributed by atoms with E-state index in [1.807, 2.05) is 4.90 Å². The topological polar surface area (TPSA) is 181 Å². The van der Waals surface area contributed by atoms with Gasteiger partial charge in [0.05, 0.1) is 27.3 Å². The van der Waals surface area contributed by atoms with E-state index in [0.717, 1.165) is 101 Å². The molecule has 2 bridgehead atoms. The average Bonchev–Trinajstić information content (AvgIpc) is 3.64. The number of nitrogens with one attached hydrogen (secondary N) is 2. The Hall–Kier alpha value is -5.59. The Kier molecular flexibility index (Phi) is 11.6. The van der Waals surface area contributed by atoms with Crippen molar-refractivity contribution >= 4 is 52.8 Å². The number of piperidine rings is 2. The Morgan fingerprint density at radius 3 is 2.33 bits per heavy atom. The molecule has 3 aromatic rings. The van der Waals surface area contributed by atoms with Crippen molar-refractivity contribution in [1.82, 2.24) is 30.0 Å². The highest BCUT2D eigenvalue weighted by Gasteiger charge is 2.46. The third-order valence-corrected chi connectivity index (χ3v) is 12.3. The van der Waals surface area contributed by atoms with E-state index < -0.39 is 29.7 Å². The lowest BCUT2D eigenvalue weighted by Crippen LogP contribution is -2.54. The summed E-state index contributed by atoms with van der Waals surface area (Å²) in [6.45, 7) is 5.22. The smallest absolute Gasteiger partial charge is 0.262 e. The molecule has 15 nitrogen and oxygen atoms in total. The van der Waals surface area contributed by atoms with E-state index in [0.29, 0.717) is 27.8 Å². The molecule has 2 N–H and O–H groups in total. The number of rotatable bonds is 13. The van der Waals surface area contributed by atoms with Crippen LogP contribution >= 0.6 is 11.6 Å². The molecular formula is C42H46ClN9O6. The van der Waals surface area contributed by atoms with E-state index in [1.165, 1.54) is 0 Å². The highest BCUT2D eigenvalue weighted by molar-refractivity contribution is 6.31. The monoisotopic (exact) mass is 807 g/mol. The Morgan fingerprint density at radius 2 is 1.62 bits per heavy atom. The third kappa shape index (κ3) is 8.21. The van der Waals surface area contributed by atoms with Crippen LogP contribution in [0.15, 0.2) is 48.8 Å². The van der Waals surface area contributed by atoms with E-state index >= 15 is 0 Å². The number of carbonyl (C=O) groups excluding carboxylic acids is 5. The van der Waals surface area contributed by atoms with Gasteiger partial charge in [-0.1, -0.05) is 24.4 Å². The zero-order chi connectivity index (χ0) is 40.3. The summed E-state index contributed by atoms with van der Waals surface area (Å²) in [5.41, 5.74) is 2.21. The molecule has 2 unspecified atom stereocenters. The van der Waals surface area contributed by atoms with Crippen LogP contribution < -0.4 is 20.3 Å². The van der Waals surface area contributed by atoms with Gasteiger partial charge in [-0.05, 0) is 69.0 Å². The minimum absolute atomic E-state index is 0.0254. The zero-order valence-electron chi connectivity index (χ0n) is 32.2. The van der Waals surface area contributed by atoms with Gasteiger partial charge in [-0.15, -0.1) is 0 Å². The molecule has 4 atom stereocenters. The van der Waals surface area contributed by atoms with Crippen LogP contribution in [0.4, 0.5) is 11.6 Å². The molecule has 4 saturated heterocycles. The molecule has 4 fully saturated rings. The zero-order valence-corrected chi connectivity index (χ0v) is 33.0. The molecular weight excluding hydrogens is 762 g/mol. The maximum Gasteiger partial charge on any atom is 0.262 e. The van der Waals surface area contributed by atoms with Crippen molar-refractivity contribution in [1.29, 1.82) is 5.26 Å². The van der Waals surface area contributed by atoms with Crippen molar-refractivity contribution < 1.29 is 28.7 Å². The van der Waals surface area contributed by atoms with Gasteiger partial charge < -0.3 is 19.9 Å². The van der Waals surface area contributed by atoms with Crippen molar-refractivity contribution in [2.45, 2.75) is 88.4 Å². The van der Waals surface area contributed by atoms with Gasteiger partial charge >= 0.3 is 0 Å². The number of nitrogens with zero attached hydrogens (tertiary/aromatic N) is 7. The first-order chi connectivity index (χ1) is 28.2. The van der Waals surface area contributed by atoms with Crippen LogP contribution in [0.1, 0.15) is 101 Å². The van der Waals surface area contributed by atoms with E-state index in [4.69, 9.17) is 21.6 Å². The number of hydrogen-bond donors (Lipinski definition) is 2. The number of fused-ring (bicyclic) bond motifs is 3. The molecule has 0 spiro atoms. The van der Waals surface area contributed by atoms with Gasteiger partial charge in [-0.3, -0.25) is 39.1 Å². The van der Waals surface area contributed by atoms with Gasteiger partial charge in [0, 0.05) is 88.2 Å². The molecule has 5 aliphatic rings. The average molecular weight is 808 g/mol. The molecule has 58 heavy (non-hydrogen) atoms. The largest absolute Gasteiger partial charge is 0.490 e. The Labute approximate surface area is 341 Å². The minimum atomic E-state index is -0.974. The van der Waals surface area contributed by atoms with Gasteiger partial charge in [-0.25, -0.2) is 9.97 Å². The minimum Gasteiger partial charge on any atom is -0.490 e. The summed E-state index contributed by atoms with van der Waals surface area (Å²) >= 11 is 6.20. The summed E-state index contributed by atoms with van der Waals surface area (Å²) in [5, 5.41) is 15.1. The number of carbonyl (C=O) groups is 5. The number of nitriles is 1.